The molecule has 0 aromatic heterocycles. The molecule has 1 saturated carbocycles. The van der Waals surface area contributed by atoms with Crippen LogP contribution in [-0.4, -0.2) is 90.9 Å². The molecule has 4 rings (SSSR count). The van der Waals surface area contributed by atoms with Crippen molar-refractivity contribution >= 4 is 35.6 Å². The minimum atomic E-state index is -1.17. The van der Waals surface area contributed by atoms with Gasteiger partial charge in [-0.3, -0.25) is 19.2 Å². The number of carbonyl (C=O) groups is 6. The molecule has 0 radical (unpaired) electrons. The number of ether oxygens (including phenoxy) is 1. The zero-order valence-corrected chi connectivity index (χ0v) is 29.4. The molecule has 3 aliphatic rings. The number of piperidine rings is 1. The van der Waals surface area contributed by atoms with Gasteiger partial charge in [0, 0.05) is 26.1 Å². The number of hydrogen-bond acceptors (Lipinski definition) is 7. The molecule has 6 amide bonds. The molecule has 5 N–H and O–H groups in total. The van der Waals surface area contributed by atoms with Gasteiger partial charge in [0.2, 0.25) is 17.6 Å². The Morgan fingerprint density at radius 1 is 1.06 bits per heavy atom. The Hall–Kier alpha value is -4.86. The van der Waals surface area contributed by atoms with Crippen molar-refractivity contribution in [3.8, 4) is 12.3 Å². The average molecular weight is 691 g/mol. The third-order valence-electron chi connectivity index (χ3n) is 9.70. The molecule has 1 aromatic carbocycles. The Kier molecular flexibility index (Phi) is 12.7. The number of terminal acetylenes is 1. The van der Waals surface area contributed by atoms with Crippen LogP contribution in [0.4, 0.5) is 9.59 Å². The molecule has 50 heavy (non-hydrogen) atoms. The van der Waals surface area contributed by atoms with E-state index in [1.54, 1.807) is 6.92 Å². The van der Waals surface area contributed by atoms with Crippen LogP contribution in [0.3, 0.4) is 0 Å². The van der Waals surface area contributed by atoms with Gasteiger partial charge in [-0.2, -0.15) is 0 Å². The largest absolute Gasteiger partial charge is 0.447 e. The van der Waals surface area contributed by atoms with Crippen LogP contribution in [0.25, 0.3) is 0 Å². The number of likely N-dealkylation sites (tertiary alicyclic amines) is 1. The number of amides is 6. The van der Waals surface area contributed by atoms with E-state index in [0.717, 1.165) is 17.5 Å². The number of nitrogens with zero attached hydrogens (tertiary/aromatic N) is 1. The second-order valence-electron chi connectivity index (χ2n) is 14.3. The van der Waals surface area contributed by atoms with Gasteiger partial charge in [-0.15, -0.1) is 18.9 Å². The number of nitrogens with one attached hydrogen (secondary N) is 5. The van der Waals surface area contributed by atoms with Crippen molar-refractivity contribution in [1.82, 2.24) is 31.5 Å². The van der Waals surface area contributed by atoms with E-state index in [9.17, 15) is 28.8 Å². The van der Waals surface area contributed by atoms with Crippen molar-refractivity contribution in [2.75, 3.05) is 26.2 Å². The molecular formula is C37H50N6O7. The van der Waals surface area contributed by atoms with Crippen LogP contribution in [0.1, 0.15) is 58.1 Å². The third kappa shape index (κ3) is 9.43. The van der Waals surface area contributed by atoms with Crippen LogP contribution < -0.4 is 26.6 Å². The monoisotopic (exact) mass is 690 g/mol. The number of benzene rings is 1. The molecule has 1 aromatic rings. The third-order valence-corrected chi connectivity index (χ3v) is 9.70. The van der Waals surface area contributed by atoms with Crippen LogP contribution in [0.15, 0.2) is 36.9 Å². The predicted octanol–water partition coefficient (Wildman–Crippen LogP) is 1.85. The average Bonchev–Trinajstić information content (AvgIpc) is 3.52. The fourth-order valence-corrected chi connectivity index (χ4v) is 6.78. The van der Waals surface area contributed by atoms with E-state index in [2.05, 4.69) is 39.1 Å². The van der Waals surface area contributed by atoms with Crippen molar-refractivity contribution in [1.29, 1.82) is 0 Å². The molecule has 1 heterocycles. The fourth-order valence-electron chi connectivity index (χ4n) is 6.78. The number of urea groups is 1. The van der Waals surface area contributed by atoms with Crippen molar-refractivity contribution in [3.63, 3.8) is 0 Å². The molecule has 2 aliphatic carbocycles. The zero-order valence-electron chi connectivity index (χ0n) is 29.4. The molecule has 13 nitrogen and oxygen atoms in total. The predicted molar refractivity (Wildman–Crippen MR) is 186 cm³/mol. The highest BCUT2D eigenvalue weighted by atomic mass is 16.5. The van der Waals surface area contributed by atoms with Crippen molar-refractivity contribution < 1.29 is 33.5 Å². The number of hydrogen-bond donors (Lipinski definition) is 5. The molecule has 1 saturated heterocycles. The van der Waals surface area contributed by atoms with Gasteiger partial charge in [-0.05, 0) is 66.9 Å². The molecule has 0 bridgehead atoms. The van der Waals surface area contributed by atoms with E-state index >= 15 is 0 Å². The summed E-state index contributed by atoms with van der Waals surface area (Å²) in [6, 6.07) is 3.66. The lowest BCUT2D eigenvalue weighted by molar-refractivity contribution is -0.144. The van der Waals surface area contributed by atoms with Gasteiger partial charge < -0.3 is 36.2 Å². The van der Waals surface area contributed by atoms with E-state index in [-0.39, 0.29) is 43.7 Å². The highest BCUT2D eigenvalue weighted by molar-refractivity contribution is 6.38. The fraction of sp³-hybridized carbons (Fsp3) is 0.568. The SMILES string of the molecule is C#CCCC(NC(=O)C1[C@H]2C[C@H]2CN1C(=O)C(NC(=O)N[C@H](COC(=O)NCC)C(C)(C)C)C1Cc2ccccc2C1)C(=O)C(=O)NCC=C. The summed E-state index contributed by atoms with van der Waals surface area (Å²) in [5, 5.41) is 13.6. The van der Waals surface area contributed by atoms with E-state index in [1.807, 2.05) is 45.0 Å². The first-order valence-corrected chi connectivity index (χ1v) is 17.3. The molecule has 3 unspecified atom stereocenters. The van der Waals surface area contributed by atoms with E-state index in [0.29, 0.717) is 25.9 Å². The number of Topliss-reactive ketones (excluding diaryl/α,β-unsaturated/α-hetero) is 1. The van der Waals surface area contributed by atoms with Gasteiger partial charge in [-0.1, -0.05) is 51.1 Å². The summed E-state index contributed by atoms with van der Waals surface area (Å²) >= 11 is 0. The van der Waals surface area contributed by atoms with Crippen LogP contribution in [0, 0.1) is 35.5 Å². The Bertz CT molecular complexity index is 1490. The van der Waals surface area contributed by atoms with Crippen LogP contribution >= 0.6 is 0 Å². The minimum Gasteiger partial charge on any atom is -0.447 e. The number of alkyl carbamates (subject to hydrolysis) is 1. The Labute approximate surface area is 294 Å². The summed E-state index contributed by atoms with van der Waals surface area (Å²) < 4.78 is 5.34. The van der Waals surface area contributed by atoms with Crippen molar-refractivity contribution in [2.45, 2.75) is 84.0 Å². The lowest BCUT2D eigenvalue weighted by atomic mass is 9.87. The van der Waals surface area contributed by atoms with Crippen LogP contribution in [-0.2, 0) is 36.8 Å². The maximum absolute atomic E-state index is 14.5. The summed E-state index contributed by atoms with van der Waals surface area (Å²) in [7, 11) is 0. The Morgan fingerprint density at radius 3 is 2.34 bits per heavy atom. The summed E-state index contributed by atoms with van der Waals surface area (Å²) in [4.78, 5) is 81.1. The Balaban J connectivity index is 1.54. The first kappa shape index (κ1) is 38.0. The van der Waals surface area contributed by atoms with Crippen LogP contribution in [0.5, 0.6) is 0 Å². The van der Waals surface area contributed by atoms with Gasteiger partial charge in [0.05, 0.1) is 12.1 Å². The van der Waals surface area contributed by atoms with Gasteiger partial charge in [0.1, 0.15) is 18.7 Å². The zero-order chi connectivity index (χ0) is 36.6. The lowest BCUT2D eigenvalue weighted by Gasteiger charge is -2.35. The summed E-state index contributed by atoms with van der Waals surface area (Å²) in [6.07, 6.45) is 8.33. The maximum Gasteiger partial charge on any atom is 0.407 e. The molecule has 1 aliphatic heterocycles. The highest BCUT2D eigenvalue weighted by Gasteiger charge is 2.58. The van der Waals surface area contributed by atoms with E-state index in [4.69, 9.17) is 11.2 Å². The van der Waals surface area contributed by atoms with Crippen molar-refractivity contribution in [2.24, 2.45) is 23.2 Å². The highest BCUT2D eigenvalue weighted by Crippen LogP contribution is 2.50. The molecular weight excluding hydrogens is 640 g/mol. The van der Waals surface area contributed by atoms with E-state index < -0.39 is 65.2 Å². The molecule has 6 atom stereocenters. The Morgan fingerprint density at radius 2 is 1.74 bits per heavy atom. The van der Waals surface area contributed by atoms with Gasteiger partial charge in [0.25, 0.3) is 5.91 Å². The number of carbonyl (C=O) groups excluding carboxylic acids is 6. The normalized spacial score (nSPS) is 20.9. The van der Waals surface area contributed by atoms with Crippen molar-refractivity contribution in [3.05, 3.63) is 48.0 Å². The first-order chi connectivity index (χ1) is 23.8. The van der Waals surface area contributed by atoms with Crippen LogP contribution in [0.2, 0.25) is 0 Å². The molecule has 2 fully saturated rings. The molecule has 270 valence electrons. The number of ketones is 1. The molecule has 13 heteroatoms. The first-order valence-electron chi connectivity index (χ1n) is 17.3. The summed E-state index contributed by atoms with van der Waals surface area (Å²) in [6.45, 7) is 11.7. The number of rotatable bonds is 15. The van der Waals surface area contributed by atoms with Gasteiger partial charge in [0.15, 0.2) is 0 Å². The number of fused-ring (bicyclic) bond motifs is 2. The second kappa shape index (κ2) is 16.7. The summed E-state index contributed by atoms with van der Waals surface area (Å²) in [5.74, 6) is -0.470. The quantitative estimate of drug-likeness (QED) is 0.106. The van der Waals surface area contributed by atoms with Gasteiger partial charge in [-0.25, -0.2) is 9.59 Å². The maximum atomic E-state index is 14.5. The second-order valence-corrected chi connectivity index (χ2v) is 14.3. The molecule has 0 spiro atoms. The standard InChI is InChI=1S/C37H50N6O7/c1-7-10-15-27(31(44)33(46)39-16-8-2)40-32(45)30-26-19-25(26)20-43(30)34(47)29(24-17-22-13-11-12-14-23(22)18-24)42-35(48)41-28(37(4,5)6)21-50-36(49)38-9-3/h1,8,11-14,24-30H,2,9-10,15-21H2,3-6H3,(H,38,49)(H,39,46)(H,40,45)(H2,41,42,48)/t25-,26-,27?,28+,29?,30?/m0/s1. The van der Waals surface area contributed by atoms with E-state index in [1.165, 1.54) is 11.0 Å². The minimum absolute atomic E-state index is 0.0563. The summed E-state index contributed by atoms with van der Waals surface area (Å²) in [5.41, 5.74) is 1.68. The van der Waals surface area contributed by atoms with Gasteiger partial charge >= 0.3 is 12.1 Å². The lowest BCUT2D eigenvalue weighted by Crippen LogP contribution is -2.61. The topological polar surface area (TPSA) is 175 Å². The smallest absolute Gasteiger partial charge is 0.407 e.